The number of benzene rings is 2. The minimum atomic E-state index is -0.737. The summed E-state index contributed by atoms with van der Waals surface area (Å²) in [6, 6.07) is 10.6. The fourth-order valence-corrected chi connectivity index (χ4v) is 5.45. The van der Waals surface area contributed by atoms with E-state index in [9.17, 15) is 28.9 Å². The van der Waals surface area contributed by atoms with Crippen LogP contribution in [-0.2, 0) is 16.1 Å². The van der Waals surface area contributed by atoms with Gasteiger partial charge in [-0.3, -0.25) is 24.5 Å². The summed E-state index contributed by atoms with van der Waals surface area (Å²) in [7, 11) is 0. The summed E-state index contributed by atoms with van der Waals surface area (Å²) in [6.07, 6.45) is 0.835. The highest BCUT2D eigenvalue weighted by Gasteiger charge is 2.54. The van der Waals surface area contributed by atoms with Crippen LogP contribution in [-0.4, -0.2) is 42.3 Å². The molecular formula is C22H18Br2FN3O5. The smallest absolute Gasteiger partial charge is 0.272 e. The summed E-state index contributed by atoms with van der Waals surface area (Å²) in [6.45, 7) is -0.352. The normalized spacial score (nSPS) is 24.5. The zero-order valence-corrected chi connectivity index (χ0v) is 20.2. The molecule has 1 saturated carbocycles. The molecule has 0 bridgehead atoms. The maximum absolute atomic E-state index is 14.4. The largest absolute Gasteiger partial charge is 0.273 e. The molecule has 2 fully saturated rings. The van der Waals surface area contributed by atoms with E-state index < -0.39 is 40.3 Å². The van der Waals surface area contributed by atoms with E-state index in [1.54, 1.807) is 6.07 Å². The van der Waals surface area contributed by atoms with E-state index in [1.807, 2.05) is 0 Å². The van der Waals surface area contributed by atoms with Crippen molar-refractivity contribution in [2.75, 3.05) is 0 Å². The number of non-ortho nitro benzene ring substituents is 1. The number of nitro benzene ring substituents is 1. The Kier molecular flexibility index (Phi) is 6.62. The molecule has 2 aromatic carbocycles. The van der Waals surface area contributed by atoms with Crippen molar-refractivity contribution in [3.63, 3.8) is 0 Å². The van der Waals surface area contributed by atoms with Crippen molar-refractivity contribution in [2.24, 2.45) is 11.8 Å². The number of hydrogen-bond acceptors (Lipinski definition) is 5. The Morgan fingerprint density at radius 3 is 2.09 bits per heavy atom. The van der Waals surface area contributed by atoms with Crippen molar-refractivity contribution in [3.8, 4) is 0 Å². The molecule has 8 nitrogen and oxygen atoms in total. The quantitative estimate of drug-likeness (QED) is 0.227. The molecule has 4 atom stereocenters. The molecule has 0 N–H and O–H groups in total. The van der Waals surface area contributed by atoms with E-state index in [-0.39, 0.29) is 33.0 Å². The van der Waals surface area contributed by atoms with Gasteiger partial charge in [-0.05, 0) is 31.0 Å². The number of nitrogens with zero attached hydrogens (tertiary/aromatic N) is 3. The van der Waals surface area contributed by atoms with Crippen molar-refractivity contribution in [3.05, 3.63) is 75.6 Å². The van der Waals surface area contributed by atoms with Crippen LogP contribution in [0.15, 0.2) is 48.5 Å². The Morgan fingerprint density at radius 2 is 1.58 bits per heavy atom. The number of hydrogen-bond donors (Lipinski definition) is 0. The zero-order valence-electron chi connectivity index (χ0n) is 17.1. The van der Waals surface area contributed by atoms with Crippen molar-refractivity contribution in [1.29, 1.82) is 0 Å². The maximum atomic E-state index is 14.4. The summed E-state index contributed by atoms with van der Waals surface area (Å²) in [4.78, 5) is 50.3. The summed E-state index contributed by atoms with van der Waals surface area (Å²) in [5.74, 6) is -3.54. The molecular weight excluding hydrogens is 565 g/mol. The first-order valence-electron chi connectivity index (χ1n) is 10.1. The molecule has 11 heteroatoms. The predicted molar refractivity (Wildman–Crippen MR) is 123 cm³/mol. The van der Waals surface area contributed by atoms with Crippen LogP contribution < -0.4 is 0 Å². The lowest BCUT2D eigenvalue weighted by molar-refractivity contribution is -0.384. The molecule has 1 aliphatic heterocycles. The van der Waals surface area contributed by atoms with E-state index >= 15 is 0 Å². The highest BCUT2D eigenvalue weighted by molar-refractivity contribution is 9.12. The number of alkyl halides is 2. The first-order valence-corrected chi connectivity index (χ1v) is 12.0. The number of carbonyl (C=O) groups excluding carboxylic acids is 3. The van der Waals surface area contributed by atoms with E-state index in [0.29, 0.717) is 12.8 Å². The Labute approximate surface area is 205 Å². The summed E-state index contributed by atoms with van der Waals surface area (Å²) in [5, 5.41) is 12.7. The number of halogens is 3. The molecule has 0 spiro atoms. The van der Waals surface area contributed by atoms with Crippen molar-refractivity contribution in [2.45, 2.75) is 29.0 Å². The minimum Gasteiger partial charge on any atom is -0.272 e. The predicted octanol–water partition coefficient (Wildman–Crippen LogP) is 4.21. The van der Waals surface area contributed by atoms with Crippen LogP contribution in [0.5, 0.6) is 0 Å². The first-order chi connectivity index (χ1) is 15.7. The average molecular weight is 583 g/mol. The summed E-state index contributed by atoms with van der Waals surface area (Å²) < 4.78 is 14.4. The lowest BCUT2D eigenvalue weighted by Crippen LogP contribution is -2.50. The topological polar surface area (TPSA) is 101 Å². The molecule has 1 heterocycles. The monoisotopic (exact) mass is 581 g/mol. The van der Waals surface area contributed by atoms with Gasteiger partial charge >= 0.3 is 0 Å². The second-order valence-corrected chi connectivity index (χ2v) is 10.3. The zero-order chi connectivity index (χ0) is 23.9. The van der Waals surface area contributed by atoms with Gasteiger partial charge in [-0.25, -0.2) is 9.40 Å². The SMILES string of the molecule is O=C(c1ccc([N+](=O)[O-])cc1)N(Cc1ccccc1F)N1C(=O)[C@H]2C[C@@H](Br)[C@@H](Br)C[C@H]2C1=O. The van der Waals surface area contributed by atoms with Gasteiger partial charge in [-0.2, -0.15) is 5.01 Å². The standard InChI is InChI=1S/C22H18Br2FN3O5/c23-17-9-15-16(10-18(17)24)22(31)27(21(15)30)26(11-13-3-1-2-4-19(13)25)20(29)12-5-7-14(8-6-12)28(32)33/h1-8,15-18H,9-11H2/t15-,16+,17+,18-. The Bertz CT molecular complexity index is 1100. The highest BCUT2D eigenvalue weighted by atomic mass is 79.9. The van der Waals surface area contributed by atoms with Crippen molar-refractivity contribution in [1.82, 2.24) is 10.0 Å². The number of nitro groups is 1. The van der Waals surface area contributed by atoms with Crippen LogP contribution in [0.3, 0.4) is 0 Å². The third kappa shape index (κ3) is 4.43. The lowest BCUT2D eigenvalue weighted by Gasteiger charge is -2.30. The molecule has 33 heavy (non-hydrogen) atoms. The molecule has 0 aromatic heterocycles. The number of imide groups is 1. The Balaban J connectivity index is 1.72. The van der Waals surface area contributed by atoms with Gasteiger partial charge < -0.3 is 0 Å². The minimum absolute atomic E-state index is 0.0131. The molecule has 172 valence electrons. The third-order valence-electron chi connectivity index (χ3n) is 5.97. The molecule has 2 aliphatic rings. The van der Waals surface area contributed by atoms with Crippen molar-refractivity contribution < 1.29 is 23.7 Å². The number of carbonyl (C=O) groups is 3. The van der Waals surface area contributed by atoms with Crippen LogP contribution in [0, 0.1) is 27.8 Å². The van der Waals surface area contributed by atoms with Crippen molar-refractivity contribution >= 4 is 55.3 Å². The molecule has 3 amide bonds. The summed E-state index contributed by atoms with van der Waals surface area (Å²) in [5.41, 5.74) is -0.0533. The maximum Gasteiger partial charge on any atom is 0.273 e. The molecule has 0 unspecified atom stereocenters. The van der Waals surface area contributed by atoms with E-state index in [0.717, 1.165) is 22.2 Å². The van der Waals surface area contributed by atoms with Gasteiger partial charge in [0, 0.05) is 32.9 Å². The number of rotatable bonds is 5. The molecule has 1 saturated heterocycles. The van der Waals surface area contributed by atoms with Gasteiger partial charge in [0.15, 0.2) is 0 Å². The fraction of sp³-hybridized carbons (Fsp3) is 0.318. The molecule has 1 aliphatic carbocycles. The van der Waals surface area contributed by atoms with Gasteiger partial charge in [0.2, 0.25) is 0 Å². The molecule has 2 aromatic rings. The Hall–Kier alpha value is -2.66. The Morgan fingerprint density at radius 1 is 1.03 bits per heavy atom. The van der Waals surface area contributed by atoms with E-state index in [2.05, 4.69) is 31.9 Å². The lowest BCUT2D eigenvalue weighted by atomic mass is 9.81. The van der Waals surface area contributed by atoms with Crippen LogP contribution in [0.1, 0.15) is 28.8 Å². The molecule has 0 radical (unpaired) electrons. The number of hydrazine groups is 1. The van der Waals surface area contributed by atoms with Crippen LogP contribution in [0.2, 0.25) is 0 Å². The van der Waals surface area contributed by atoms with Crippen LogP contribution >= 0.6 is 31.9 Å². The van der Waals surface area contributed by atoms with Gasteiger partial charge in [0.05, 0.1) is 23.3 Å². The van der Waals surface area contributed by atoms with E-state index in [4.69, 9.17) is 0 Å². The van der Waals surface area contributed by atoms with Gasteiger partial charge in [0.1, 0.15) is 5.82 Å². The van der Waals surface area contributed by atoms with Gasteiger partial charge in [-0.1, -0.05) is 50.1 Å². The fourth-order valence-electron chi connectivity index (χ4n) is 4.21. The number of fused-ring (bicyclic) bond motifs is 1. The van der Waals surface area contributed by atoms with Crippen LogP contribution in [0.4, 0.5) is 10.1 Å². The third-order valence-corrected chi connectivity index (χ3v) is 8.70. The van der Waals surface area contributed by atoms with Crippen LogP contribution in [0.25, 0.3) is 0 Å². The highest BCUT2D eigenvalue weighted by Crippen LogP contribution is 2.44. The van der Waals surface area contributed by atoms with Gasteiger partial charge in [-0.15, -0.1) is 0 Å². The second kappa shape index (κ2) is 9.30. The number of amides is 3. The molecule has 4 rings (SSSR count). The van der Waals surface area contributed by atoms with Gasteiger partial charge in [0.25, 0.3) is 23.4 Å². The summed E-state index contributed by atoms with van der Waals surface area (Å²) >= 11 is 7.06. The first kappa shape index (κ1) is 23.5. The average Bonchev–Trinajstić information content (AvgIpc) is 3.02. The van der Waals surface area contributed by atoms with E-state index in [1.165, 1.54) is 30.3 Å². The second-order valence-electron chi connectivity index (χ2n) is 7.96.